The lowest BCUT2D eigenvalue weighted by Gasteiger charge is -2.25. The Morgan fingerprint density at radius 1 is 1.29 bits per heavy atom. The molecule has 1 atom stereocenters. The van der Waals surface area contributed by atoms with Crippen LogP contribution in [-0.2, 0) is 18.4 Å². The Morgan fingerprint density at radius 3 is 2.90 bits per heavy atom. The van der Waals surface area contributed by atoms with Crippen molar-refractivity contribution in [2.24, 2.45) is 7.05 Å². The Labute approximate surface area is 179 Å². The molecule has 0 fully saturated rings. The van der Waals surface area contributed by atoms with E-state index in [1.54, 1.807) is 15.6 Å². The summed E-state index contributed by atoms with van der Waals surface area (Å²) in [6.45, 7) is 3.08. The number of carbonyl (C=O) groups is 3. The summed E-state index contributed by atoms with van der Waals surface area (Å²) >= 11 is 0. The quantitative estimate of drug-likeness (QED) is 0.569. The highest BCUT2D eigenvalue weighted by Gasteiger charge is 2.30. The fourth-order valence-electron chi connectivity index (χ4n) is 3.83. The number of imide groups is 1. The number of fused-ring (bicyclic) bond motifs is 2. The third-order valence-corrected chi connectivity index (χ3v) is 5.22. The number of urea groups is 1. The van der Waals surface area contributed by atoms with Crippen LogP contribution in [0.4, 0.5) is 4.79 Å². The van der Waals surface area contributed by atoms with Gasteiger partial charge < -0.3 is 15.0 Å². The molecule has 0 saturated carbocycles. The highest BCUT2D eigenvalue weighted by Crippen LogP contribution is 2.29. The molecule has 2 aromatic carbocycles. The van der Waals surface area contributed by atoms with Crippen molar-refractivity contribution in [3.8, 4) is 5.75 Å². The van der Waals surface area contributed by atoms with Gasteiger partial charge in [-0.3, -0.25) is 19.6 Å². The zero-order chi connectivity index (χ0) is 22.0. The lowest BCUT2D eigenvalue weighted by Crippen LogP contribution is -2.42. The van der Waals surface area contributed by atoms with Crippen LogP contribution in [0.25, 0.3) is 10.9 Å². The van der Waals surface area contributed by atoms with Gasteiger partial charge in [-0.15, -0.1) is 0 Å². The van der Waals surface area contributed by atoms with Gasteiger partial charge in [0.15, 0.2) is 0 Å². The first kappa shape index (κ1) is 20.4. The molecule has 31 heavy (non-hydrogen) atoms. The summed E-state index contributed by atoms with van der Waals surface area (Å²) in [4.78, 5) is 37.5. The molecule has 9 heteroatoms. The molecule has 0 aliphatic carbocycles. The van der Waals surface area contributed by atoms with Crippen LogP contribution in [0.5, 0.6) is 5.75 Å². The second-order valence-corrected chi connectivity index (χ2v) is 7.35. The second kappa shape index (κ2) is 8.47. The number of amides is 4. The van der Waals surface area contributed by atoms with Crippen molar-refractivity contribution >= 4 is 29.3 Å². The van der Waals surface area contributed by atoms with E-state index in [0.29, 0.717) is 30.9 Å². The van der Waals surface area contributed by atoms with E-state index >= 15 is 0 Å². The molecule has 4 amide bonds. The molecule has 0 radical (unpaired) electrons. The highest BCUT2D eigenvalue weighted by molar-refractivity contribution is 5.98. The first-order chi connectivity index (χ1) is 15.0. The third kappa shape index (κ3) is 4.20. The van der Waals surface area contributed by atoms with Crippen LogP contribution in [0.2, 0.25) is 0 Å². The summed E-state index contributed by atoms with van der Waals surface area (Å²) < 4.78 is 7.22. The van der Waals surface area contributed by atoms with Crippen LogP contribution >= 0.6 is 0 Å². The van der Waals surface area contributed by atoms with E-state index in [1.165, 1.54) is 0 Å². The average Bonchev–Trinajstić information content (AvgIpc) is 3.26. The Kier molecular flexibility index (Phi) is 5.57. The molecule has 4 rings (SSSR count). The van der Waals surface area contributed by atoms with E-state index in [2.05, 4.69) is 15.7 Å². The van der Waals surface area contributed by atoms with Gasteiger partial charge in [0.05, 0.1) is 18.2 Å². The summed E-state index contributed by atoms with van der Waals surface area (Å²) in [6.07, 6.45) is 2.22. The highest BCUT2D eigenvalue weighted by atomic mass is 16.5. The molecular weight excluding hydrogens is 398 g/mol. The van der Waals surface area contributed by atoms with Gasteiger partial charge in [-0.1, -0.05) is 18.2 Å². The average molecular weight is 421 g/mol. The number of aromatic nitrogens is 2. The summed E-state index contributed by atoms with van der Waals surface area (Å²) in [5.74, 6) is 0.523. The number of carbonyl (C=O) groups excluding carboxylic acids is 3. The molecule has 1 aromatic heterocycles. The molecule has 0 bridgehead atoms. The van der Waals surface area contributed by atoms with Crippen LogP contribution in [0.1, 0.15) is 34.5 Å². The molecule has 2 heterocycles. The van der Waals surface area contributed by atoms with Gasteiger partial charge >= 0.3 is 6.03 Å². The fraction of sp³-hybridized carbons (Fsp3) is 0.273. The fourth-order valence-corrected chi connectivity index (χ4v) is 3.83. The van der Waals surface area contributed by atoms with Crippen LogP contribution in [-0.4, -0.2) is 46.2 Å². The standard InChI is InChI=1S/C22H23N5O4/c1-3-31-17-7-6-15-11-27(21(29)18(15)9-17)12-20(24-22(30)23-13-28)14-4-5-16-10-26(2)25-19(16)8-14/h4-10,13,20H,3,11-12H2,1-2H3,(H2,23,24,28,30)/t20-/m0/s1. The predicted octanol–water partition coefficient (Wildman–Crippen LogP) is 2.12. The monoisotopic (exact) mass is 421 g/mol. The van der Waals surface area contributed by atoms with Gasteiger partial charge in [-0.25, -0.2) is 4.79 Å². The Balaban J connectivity index is 1.60. The van der Waals surface area contributed by atoms with Crippen molar-refractivity contribution in [2.75, 3.05) is 13.2 Å². The number of nitrogens with zero attached hydrogens (tertiary/aromatic N) is 3. The molecular formula is C22H23N5O4. The number of benzene rings is 2. The molecule has 160 valence electrons. The van der Waals surface area contributed by atoms with E-state index in [0.717, 1.165) is 22.0 Å². The first-order valence-corrected chi connectivity index (χ1v) is 9.97. The molecule has 9 nitrogen and oxygen atoms in total. The minimum absolute atomic E-state index is 0.127. The van der Waals surface area contributed by atoms with Crippen LogP contribution in [0.15, 0.2) is 42.6 Å². The number of nitrogens with one attached hydrogen (secondary N) is 2. The van der Waals surface area contributed by atoms with Gasteiger partial charge in [0.25, 0.3) is 5.91 Å². The zero-order valence-corrected chi connectivity index (χ0v) is 17.3. The van der Waals surface area contributed by atoms with E-state index in [-0.39, 0.29) is 12.5 Å². The molecule has 1 aliphatic rings. The number of hydrogen-bond donors (Lipinski definition) is 2. The van der Waals surface area contributed by atoms with Gasteiger partial charge in [0, 0.05) is 37.3 Å². The van der Waals surface area contributed by atoms with E-state index in [1.807, 2.05) is 50.5 Å². The summed E-state index contributed by atoms with van der Waals surface area (Å²) in [7, 11) is 1.84. The van der Waals surface area contributed by atoms with Crippen molar-refractivity contribution in [3.63, 3.8) is 0 Å². The van der Waals surface area contributed by atoms with Crippen LogP contribution < -0.4 is 15.4 Å². The molecule has 3 aromatic rings. The number of ether oxygens (including phenoxy) is 1. The second-order valence-electron chi connectivity index (χ2n) is 7.35. The summed E-state index contributed by atoms with van der Waals surface area (Å²) in [5.41, 5.74) is 3.07. The minimum Gasteiger partial charge on any atom is -0.494 e. The van der Waals surface area contributed by atoms with E-state index in [9.17, 15) is 14.4 Å². The first-order valence-electron chi connectivity index (χ1n) is 9.97. The van der Waals surface area contributed by atoms with Crippen molar-refractivity contribution in [1.29, 1.82) is 0 Å². The molecule has 0 spiro atoms. The van der Waals surface area contributed by atoms with Crippen molar-refractivity contribution < 1.29 is 19.1 Å². The molecule has 2 N–H and O–H groups in total. The zero-order valence-electron chi connectivity index (χ0n) is 17.3. The van der Waals surface area contributed by atoms with Gasteiger partial charge in [-0.2, -0.15) is 5.10 Å². The summed E-state index contributed by atoms with van der Waals surface area (Å²) in [5, 5.41) is 10.3. The van der Waals surface area contributed by atoms with Crippen LogP contribution in [0, 0.1) is 0 Å². The Hall–Kier alpha value is -3.88. The van der Waals surface area contributed by atoms with E-state index in [4.69, 9.17) is 4.74 Å². The maximum absolute atomic E-state index is 13.0. The molecule has 1 aliphatic heterocycles. The molecule has 0 unspecified atom stereocenters. The third-order valence-electron chi connectivity index (χ3n) is 5.22. The predicted molar refractivity (Wildman–Crippen MR) is 114 cm³/mol. The maximum atomic E-state index is 13.0. The van der Waals surface area contributed by atoms with Crippen LogP contribution in [0.3, 0.4) is 0 Å². The number of hydrogen-bond acceptors (Lipinski definition) is 5. The summed E-state index contributed by atoms with van der Waals surface area (Å²) in [6, 6.07) is 10.0. The lowest BCUT2D eigenvalue weighted by molar-refractivity contribution is -0.108. The lowest BCUT2D eigenvalue weighted by atomic mass is 10.0. The van der Waals surface area contributed by atoms with Gasteiger partial charge in [-0.05, 0) is 36.2 Å². The van der Waals surface area contributed by atoms with Crippen molar-refractivity contribution in [3.05, 3.63) is 59.3 Å². The molecule has 0 saturated heterocycles. The Morgan fingerprint density at radius 2 is 2.13 bits per heavy atom. The SMILES string of the molecule is CCOc1ccc2c(c1)C(=O)N(C[C@H](NC(=O)NC=O)c1ccc3cn(C)nc3c1)C2. The number of rotatable bonds is 7. The normalized spacial score (nSPS) is 13.7. The van der Waals surface area contributed by atoms with Gasteiger partial charge in [0.1, 0.15) is 5.75 Å². The largest absolute Gasteiger partial charge is 0.494 e. The maximum Gasteiger partial charge on any atom is 0.321 e. The minimum atomic E-state index is -0.635. The Bertz CT molecular complexity index is 1160. The van der Waals surface area contributed by atoms with Crippen molar-refractivity contribution in [2.45, 2.75) is 19.5 Å². The topological polar surface area (TPSA) is 106 Å². The van der Waals surface area contributed by atoms with E-state index < -0.39 is 12.1 Å². The van der Waals surface area contributed by atoms with Crippen molar-refractivity contribution in [1.82, 2.24) is 25.3 Å². The smallest absolute Gasteiger partial charge is 0.321 e. The van der Waals surface area contributed by atoms with Gasteiger partial charge in [0.2, 0.25) is 6.41 Å². The number of aryl methyl sites for hydroxylation is 1.